The van der Waals surface area contributed by atoms with Gasteiger partial charge in [0.1, 0.15) is 0 Å². The van der Waals surface area contributed by atoms with Crippen molar-refractivity contribution >= 4 is 11.6 Å². The summed E-state index contributed by atoms with van der Waals surface area (Å²) in [5.74, 6) is 1.60. The number of nitrogens with zero attached hydrogens (tertiary/aromatic N) is 1. The van der Waals surface area contributed by atoms with Gasteiger partial charge in [0.15, 0.2) is 0 Å². The second-order valence-electron chi connectivity index (χ2n) is 5.59. The highest BCUT2D eigenvalue weighted by Crippen LogP contribution is 2.38. The lowest BCUT2D eigenvalue weighted by Crippen LogP contribution is -2.31. The first-order chi connectivity index (χ1) is 9.26. The summed E-state index contributed by atoms with van der Waals surface area (Å²) in [6.07, 6.45) is 8.47. The lowest BCUT2D eigenvalue weighted by molar-refractivity contribution is 0.218. The van der Waals surface area contributed by atoms with Gasteiger partial charge in [-0.2, -0.15) is 0 Å². The second-order valence-corrected chi connectivity index (χ2v) is 6.00. The zero-order chi connectivity index (χ0) is 13.7. The molecule has 0 saturated heterocycles. The van der Waals surface area contributed by atoms with Gasteiger partial charge < -0.3 is 5.32 Å². The van der Waals surface area contributed by atoms with E-state index in [-0.39, 0.29) is 0 Å². The van der Waals surface area contributed by atoms with Crippen molar-refractivity contribution in [1.29, 1.82) is 0 Å². The first-order valence-electron chi connectivity index (χ1n) is 7.60. The van der Waals surface area contributed by atoms with Crippen molar-refractivity contribution in [2.45, 2.75) is 52.0 Å². The van der Waals surface area contributed by atoms with E-state index in [1.807, 2.05) is 18.3 Å². The van der Waals surface area contributed by atoms with E-state index < -0.39 is 0 Å². The third-order valence-electron chi connectivity index (χ3n) is 4.45. The van der Waals surface area contributed by atoms with Crippen molar-refractivity contribution in [3.8, 4) is 0 Å². The minimum Gasteiger partial charge on any atom is -0.309 e. The van der Waals surface area contributed by atoms with E-state index in [9.17, 15) is 0 Å². The Bertz CT molecular complexity index is 386. The van der Waals surface area contributed by atoms with Gasteiger partial charge in [-0.1, -0.05) is 44.7 Å². The molecule has 1 aliphatic rings. The summed E-state index contributed by atoms with van der Waals surface area (Å²) in [6, 6.07) is 4.17. The molecule has 2 nitrogen and oxygen atoms in total. The highest BCUT2D eigenvalue weighted by atomic mass is 35.5. The quantitative estimate of drug-likeness (QED) is 0.852. The average Bonchev–Trinajstić information content (AvgIpc) is 2.46. The monoisotopic (exact) mass is 280 g/mol. The number of halogens is 1. The van der Waals surface area contributed by atoms with Gasteiger partial charge in [0.2, 0.25) is 0 Å². The summed E-state index contributed by atoms with van der Waals surface area (Å²) >= 11 is 6.33. The summed E-state index contributed by atoms with van der Waals surface area (Å²) in [4.78, 5) is 4.52. The van der Waals surface area contributed by atoms with Crippen LogP contribution in [0.5, 0.6) is 0 Å². The molecule has 1 unspecified atom stereocenters. The third kappa shape index (κ3) is 3.70. The third-order valence-corrected chi connectivity index (χ3v) is 4.77. The van der Waals surface area contributed by atoms with Crippen LogP contribution in [0.1, 0.15) is 57.7 Å². The van der Waals surface area contributed by atoms with E-state index >= 15 is 0 Å². The average molecular weight is 281 g/mol. The maximum Gasteiger partial charge on any atom is 0.0761 e. The Morgan fingerprint density at radius 3 is 2.63 bits per heavy atom. The Hall–Kier alpha value is -0.600. The molecule has 0 spiro atoms. The summed E-state index contributed by atoms with van der Waals surface area (Å²) < 4.78 is 0. The van der Waals surface area contributed by atoms with E-state index in [2.05, 4.69) is 24.1 Å². The smallest absolute Gasteiger partial charge is 0.0761 e. The van der Waals surface area contributed by atoms with Gasteiger partial charge in [0.25, 0.3) is 0 Å². The Morgan fingerprint density at radius 2 is 2.05 bits per heavy atom. The number of aromatic nitrogens is 1. The van der Waals surface area contributed by atoms with Gasteiger partial charge in [-0.3, -0.25) is 4.98 Å². The summed E-state index contributed by atoms with van der Waals surface area (Å²) in [7, 11) is 0. The molecule has 0 radical (unpaired) electrons. The maximum atomic E-state index is 6.33. The highest BCUT2D eigenvalue weighted by molar-refractivity contribution is 6.31. The van der Waals surface area contributed by atoms with Crippen LogP contribution in [-0.4, -0.2) is 11.5 Å². The summed E-state index contributed by atoms with van der Waals surface area (Å²) in [6.45, 7) is 5.43. The molecule has 0 bridgehead atoms. The molecule has 1 aliphatic carbocycles. The standard InChI is InChI=1S/C16H25ClN2/c1-3-12-7-9-13(10-8-12)15(18-4-2)16-14(17)6-5-11-19-16/h5-6,11-13,15,18H,3-4,7-10H2,1-2H3. The predicted octanol–water partition coefficient (Wildman–Crippen LogP) is 4.60. The van der Waals surface area contributed by atoms with Crippen LogP contribution in [0, 0.1) is 11.8 Å². The predicted molar refractivity (Wildman–Crippen MR) is 81.4 cm³/mol. The van der Waals surface area contributed by atoms with Crippen LogP contribution in [0.4, 0.5) is 0 Å². The zero-order valence-corrected chi connectivity index (χ0v) is 12.8. The van der Waals surface area contributed by atoms with Crippen molar-refractivity contribution in [1.82, 2.24) is 10.3 Å². The Balaban J connectivity index is 2.10. The molecule has 1 saturated carbocycles. The minimum absolute atomic E-state index is 0.316. The highest BCUT2D eigenvalue weighted by Gasteiger charge is 2.29. The minimum atomic E-state index is 0.316. The number of hydrogen-bond acceptors (Lipinski definition) is 2. The molecule has 1 heterocycles. The van der Waals surface area contributed by atoms with Crippen LogP contribution in [0.3, 0.4) is 0 Å². The second kappa shape index (κ2) is 7.25. The van der Waals surface area contributed by atoms with Gasteiger partial charge >= 0.3 is 0 Å². The normalized spacial score (nSPS) is 25.2. The van der Waals surface area contributed by atoms with Gasteiger partial charge in [-0.05, 0) is 43.4 Å². The van der Waals surface area contributed by atoms with Crippen molar-refractivity contribution in [3.63, 3.8) is 0 Å². The van der Waals surface area contributed by atoms with Crippen molar-refractivity contribution in [2.75, 3.05) is 6.54 Å². The Labute approximate surface area is 122 Å². The van der Waals surface area contributed by atoms with E-state index in [0.29, 0.717) is 12.0 Å². The molecule has 3 heteroatoms. The van der Waals surface area contributed by atoms with Crippen molar-refractivity contribution in [3.05, 3.63) is 29.0 Å². The maximum absolute atomic E-state index is 6.33. The van der Waals surface area contributed by atoms with Crippen LogP contribution in [0.25, 0.3) is 0 Å². The first-order valence-corrected chi connectivity index (χ1v) is 7.97. The SMILES string of the molecule is CCNC(c1ncccc1Cl)C1CCC(CC)CC1. The Kier molecular flexibility index (Phi) is 5.65. The fourth-order valence-corrected chi connectivity index (χ4v) is 3.50. The van der Waals surface area contributed by atoms with Crippen LogP contribution >= 0.6 is 11.6 Å². The molecule has 0 aromatic carbocycles. The number of hydrogen-bond donors (Lipinski definition) is 1. The largest absolute Gasteiger partial charge is 0.309 e. The Morgan fingerprint density at radius 1 is 1.32 bits per heavy atom. The fourth-order valence-electron chi connectivity index (χ4n) is 3.26. The molecule has 1 fully saturated rings. The van der Waals surface area contributed by atoms with Crippen LogP contribution in [0.2, 0.25) is 5.02 Å². The topological polar surface area (TPSA) is 24.9 Å². The fraction of sp³-hybridized carbons (Fsp3) is 0.688. The van der Waals surface area contributed by atoms with E-state index in [0.717, 1.165) is 23.2 Å². The van der Waals surface area contributed by atoms with E-state index in [1.165, 1.54) is 32.1 Å². The summed E-state index contributed by atoms with van der Waals surface area (Å²) in [5.41, 5.74) is 1.03. The molecule has 1 aromatic rings. The van der Waals surface area contributed by atoms with Gasteiger partial charge in [0.05, 0.1) is 16.8 Å². The molecule has 1 atom stereocenters. The van der Waals surface area contributed by atoms with Crippen molar-refractivity contribution in [2.24, 2.45) is 11.8 Å². The zero-order valence-electron chi connectivity index (χ0n) is 12.0. The number of nitrogens with one attached hydrogen (secondary N) is 1. The molecule has 2 rings (SSSR count). The summed E-state index contributed by atoms with van der Waals surface area (Å²) in [5, 5.41) is 4.39. The molecular weight excluding hydrogens is 256 g/mol. The number of rotatable bonds is 5. The van der Waals surface area contributed by atoms with E-state index in [4.69, 9.17) is 11.6 Å². The molecule has 0 amide bonds. The van der Waals surface area contributed by atoms with E-state index in [1.54, 1.807) is 0 Å². The molecule has 0 aliphatic heterocycles. The number of pyridine rings is 1. The molecule has 19 heavy (non-hydrogen) atoms. The molecular formula is C16H25ClN2. The van der Waals surface area contributed by atoms with Crippen LogP contribution in [-0.2, 0) is 0 Å². The molecule has 106 valence electrons. The molecule has 1 N–H and O–H groups in total. The van der Waals surface area contributed by atoms with Gasteiger partial charge in [-0.25, -0.2) is 0 Å². The van der Waals surface area contributed by atoms with Crippen molar-refractivity contribution < 1.29 is 0 Å². The van der Waals surface area contributed by atoms with Crippen LogP contribution in [0.15, 0.2) is 18.3 Å². The lowest BCUT2D eigenvalue weighted by Gasteiger charge is -2.34. The van der Waals surface area contributed by atoms with Gasteiger partial charge in [0, 0.05) is 6.20 Å². The van der Waals surface area contributed by atoms with Gasteiger partial charge in [-0.15, -0.1) is 0 Å². The lowest BCUT2D eigenvalue weighted by atomic mass is 9.76. The molecule has 1 aromatic heterocycles. The first kappa shape index (κ1) is 14.8. The van der Waals surface area contributed by atoms with Crippen LogP contribution < -0.4 is 5.32 Å².